The quantitative estimate of drug-likeness (QED) is 0.896. The van der Waals surface area contributed by atoms with Gasteiger partial charge in [0.2, 0.25) is 0 Å². The van der Waals surface area contributed by atoms with Crippen molar-refractivity contribution in [2.75, 3.05) is 12.4 Å². The fraction of sp³-hybridized carbons (Fsp3) is 0.286. The van der Waals surface area contributed by atoms with Gasteiger partial charge in [-0.05, 0) is 50.2 Å². The molecule has 0 fully saturated rings. The zero-order valence-electron chi connectivity index (χ0n) is 10.8. The van der Waals surface area contributed by atoms with Crippen LogP contribution in [0.5, 0.6) is 5.75 Å². The molecule has 0 radical (unpaired) electrons. The average molecular weight is 243 g/mol. The van der Waals surface area contributed by atoms with Crippen LogP contribution in [0.15, 0.2) is 36.4 Å². The third-order valence-electron chi connectivity index (χ3n) is 2.49. The van der Waals surface area contributed by atoms with Crippen LogP contribution in [0, 0.1) is 0 Å². The summed E-state index contributed by atoms with van der Waals surface area (Å²) in [6.45, 7) is 4.14. The molecule has 0 aliphatic heterocycles. The Labute approximate surface area is 107 Å². The topological polar surface area (TPSA) is 47.0 Å². The number of methoxy groups -OCH3 is 1. The number of hydrogen-bond acceptors (Lipinski definition) is 4. The van der Waals surface area contributed by atoms with Gasteiger partial charge in [0.1, 0.15) is 11.6 Å². The van der Waals surface area contributed by atoms with Crippen molar-refractivity contribution < 1.29 is 4.74 Å². The van der Waals surface area contributed by atoms with Gasteiger partial charge in [-0.2, -0.15) is 0 Å². The fourth-order valence-electron chi connectivity index (χ4n) is 1.62. The molecule has 1 heterocycles. The SMILES string of the molecule is COc1ccc(-c2ccc(NC(C)C)nn2)cc1. The predicted octanol–water partition coefficient (Wildman–Crippen LogP) is 2.97. The standard InChI is InChI=1S/C14H17N3O/c1-10(2)15-14-9-8-13(16-17-14)11-4-6-12(18-3)7-5-11/h4-10H,1-3H3,(H,15,17). The van der Waals surface area contributed by atoms with E-state index in [9.17, 15) is 0 Å². The molecule has 0 aliphatic carbocycles. The van der Waals surface area contributed by atoms with Crippen LogP contribution in [0.1, 0.15) is 13.8 Å². The molecular weight excluding hydrogens is 226 g/mol. The van der Waals surface area contributed by atoms with E-state index in [1.165, 1.54) is 0 Å². The number of ether oxygens (including phenoxy) is 1. The molecule has 0 saturated carbocycles. The van der Waals surface area contributed by atoms with E-state index in [0.717, 1.165) is 22.8 Å². The maximum atomic E-state index is 5.12. The molecule has 0 unspecified atom stereocenters. The lowest BCUT2D eigenvalue weighted by Gasteiger charge is -2.08. The first-order valence-electron chi connectivity index (χ1n) is 5.94. The molecule has 4 heteroatoms. The van der Waals surface area contributed by atoms with Gasteiger partial charge in [-0.15, -0.1) is 10.2 Å². The molecule has 0 amide bonds. The molecule has 0 aliphatic rings. The predicted molar refractivity (Wildman–Crippen MR) is 72.8 cm³/mol. The van der Waals surface area contributed by atoms with Gasteiger partial charge in [0.05, 0.1) is 12.8 Å². The molecule has 2 aromatic rings. The van der Waals surface area contributed by atoms with Crippen LogP contribution in [0.2, 0.25) is 0 Å². The first-order chi connectivity index (χ1) is 8.69. The van der Waals surface area contributed by atoms with E-state index in [2.05, 4.69) is 29.4 Å². The summed E-state index contributed by atoms with van der Waals surface area (Å²) >= 11 is 0. The molecule has 1 aromatic carbocycles. The summed E-state index contributed by atoms with van der Waals surface area (Å²) in [4.78, 5) is 0. The Hall–Kier alpha value is -2.10. The zero-order chi connectivity index (χ0) is 13.0. The van der Waals surface area contributed by atoms with Crippen molar-refractivity contribution >= 4 is 5.82 Å². The van der Waals surface area contributed by atoms with Crippen molar-refractivity contribution in [3.63, 3.8) is 0 Å². The number of aromatic nitrogens is 2. The molecule has 0 atom stereocenters. The molecule has 0 bridgehead atoms. The lowest BCUT2D eigenvalue weighted by molar-refractivity contribution is 0.415. The lowest BCUT2D eigenvalue weighted by Crippen LogP contribution is -2.11. The van der Waals surface area contributed by atoms with Crippen molar-refractivity contribution in [2.24, 2.45) is 0 Å². The van der Waals surface area contributed by atoms with Crippen LogP contribution in [0.3, 0.4) is 0 Å². The highest BCUT2D eigenvalue weighted by Crippen LogP contribution is 2.20. The molecule has 1 N–H and O–H groups in total. The van der Waals surface area contributed by atoms with Gasteiger partial charge in [-0.3, -0.25) is 0 Å². The molecule has 0 saturated heterocycles. The Morgan fingerprint density at radius 1 is 1.00 bits per heavy atom. The van der Waals surface area contributed by atoms with Gasteiger partial charge in [0.15, 0.2) is 0 Å². The fourth-order valence-corrected chi connectivity index (χ4v) is 1.62. The monoisotopic (exact) mass is 243 g/mol. The minimum absolute atomic E-state index is 0.353. The molecule has 94 valence electrons. The average Bonchev–Trinajstić information content (AvgIpc) is 2.39. The Morgan fingerprint density at radius 3 is 2.22 bits per heavy atom. The van der Waals surface area contributed by atoms with Gasteiger partial charge in [0.25, 0.3) is 0 Å². The summed E-state index contributed by atoms with van der Waals surface area (Å²) in [5.41, 5.74) is 1.88. The summed E-state index contributed by atoms with van der Waals surface area (Å²) in [6, 6.07) is 12.0. The summed E-state index contributed by atoms with van der Waals surface area (Å²) in [5, 5.41) is 11.6. The van der Waals surface area contributed by atoms with Crippen LogP contribution >= 0.6 is 0 Å². The van der Waals surface area contributed by atoms with Crippen molar-refractivity contribution in [3.8, 4) is 17.0 Å². The third-order valence-corrected chi connectivity index (χ3v) is 2.49. The van der Waals surface area contributed by atoms with Gasteiger partial charge in [0, 0.05) is 11.6 Å². The van der Waals surface area contributed by atoms with Crippen LogP contribution in [-0.2, 0) is 0 Å². The molecule has 4 nitrogen and oxygen atoms in total. The smallest absolute Gasteiger partial charge is 0.148 e. The highest BCUT2D eigenvalue weighted by molar-refractivity contribution is 5.60. The second-order valence-electron chi connectivity index (χ2n) is 4.33. The normalized spacial score (nSPS) is 10.4. The van der Waals surface area contributed by atoms with Crippen LogP contribution in [-0.4, -0.2) is 23.3 Å². The van der Waals surface area contributed by atoms with E-state index < -0.39 is 0 Å². The van der Waals surface area contributed by atoms with Crippen LogP contribution in [0.25, 0.3) is 11.3 Å². The molecule has 0 spiro atoms. The molecule has 18 heavy (non-hydrogen) atoms. The van der Waals surface area contributed by atoms with E-state index in [1.54, 1.807) is 7.11 Å². The largest absolute Gasteiger partial charge is 0.497 e. The van der Waals surface area contributed by atoms with Gasteiger partial charge in [-0.1, -0.05) is 0 Å². The van der Waals surface area contributed by atoms with Crippen molar-refractivity contribution in [2.45, 2.75) is 19.9 Å². The number of rotatable bonds is 4. The number of anilines is 1. The lowest BCUT2D eigenvalue weighted by atomic mass is 10.1. The summed E-state index contributed by atoms with van der Waals surface area (Å²) in [5.74, 6) is 1.63. The van der Waals surface area contributed by atoms with Crippen molar-refractivity contribution in [3.05, 3.63) is 36.4 Å². The number of benzene rings is 1. The van der Waals surface area contributed by atoms with E-state index in [4.69, 9.17) is 4.74 Å². The van der Waals surface area contributed by atoms with Crippen LogP contribution < -0.4 is 10.1 Å². The third kappa shape index (κ3) is 2.97. The number of nitrogens with one attached hydrogen (secondary N) is 1. The highest BCUT2D eigenvalue weighted by atomic mass is 16.5. The van der Waals surface area contributed by atoms with Gasteiger partial charge < -0.3 is 10.1 Å². The van der Waals surface area contributed by atoms with E-state index in [1.807, 2.05) is 36.4 Å². The number of hydrogen-bond donors (Lipinski definition) is 1. The zero-order valence-corrected chi connectivity index (χ0v) is 10.8. The van der Waals surface area contributed by atoms with Crippen LogP contribution in [0.4, 0.5) is 5.82 Å². The maximum Gasteiger partial charge on any atom is 0.148 e. The molecule has 1 aromatic heterocycles. The first-order valence-corrected chi connectivity index (χ1v) is 5.94. The summed E-state index contributed by atoms with van der Waals surface area (Å²) in [6.07, 6.45) is 0. The van der Waals surface area contributed by atoms with Gasteiger partial charge in [-0.25, -0.2) is 0 Å². The maximum absolute atomic E-state index is 5.12. The second kappa shape index (κ2) is 5.49. The Kier molecular flexibility index (Phi) is 3.77. The molecule has 2 rings (SSSR count). The Balaban J connectivity index is 2.17. The van der Waals surface area contributed by atoms with Gasteiger partial charge >= 0.3 is 0 Å². The highest BCUT2D eigenvalue weighted by Gasteiger charge is 2.02. The summed E-state index contributed by atoms with van der Waals surface area (Å²) < 4.78 is 5.12. The minimum Gasteiger partial charge on any atom is -0.497 e. The first kappa shape index (κ1) is 12.4. The minimum atomic E-state index is 0.353. The number of nitrogens with zero attached hydrogens (tertiary/aromatic N) is 2. The molecular formula is C14H17N3O. The van der Waals surface area contributed by atoms with Crippen molar-refractivity contribution in [1.29, 1.82) is 0 Å². The van der Waals surface area contributed by atoms with E-state index in [-0.39, 0.29) is 0 Å². The Bertz CT molecular complexity index is 491. The van der Waals surface area contributed by atoms with Crippen molar-refractivity contribution in [1.82, 2.24) is 10.2 Å². The Morgan fingerprint density at radius 2 is 1.72 bits per heavy atom. The van der Waals surface area contributed by atoms with E-state index in [0.29, 0.717) is 6.04 Å². The summed E-state index contributed by atoms with van der Waals surface area (Å²) in [7, 11) is 1.65. The van der Waals surface area contributed by atoms with E-state index >= 15 is 0 Å². The second-order valence-corrected chi connectivity index (χ2v) is 4.33.